The summed E-state index contributed by atoms with van der Waals surface area (Å²) >= 11 is 0. The van der Waals surface area contributed by atoms with Gasteiger partial charge in [0.1, 0.15) is 0 Å². The largest absolute Gasteiger partial charge is 0.462 e. The van der Waals surface area contributed by atoms with Crippen LogP contribution in [-0.4, -0.2) is 18.4 Å². The average Bonchev–Trinajstić information content (AvgIpc) is 2.75. The van der Waals surface area contributed by atoms with Gasteiger partial charge in [-0.05, 0) is 36.2 Å². The summed E-state index contributed by atoms with van der Waals surface area (Å²) in [4.78, 5) is 24.1. The molecule has 4 nitrogen and oxygen atoms in total. The summed E-state index contributed by atoms with van der Waals surface area (Å²) in [5.41, 5.74) is 3.95. The van der Waals surface area contributed by atoms with E-state index in [1.54, 1.807) is 31.3 Å². The smallest absolute Gasteiger partial charge is 0.338 e. The molecule has 3 aromatic rings. The lowest BCUT2D eigenvalue weighted by Gasteiger charge is -2.05. The third-order valence-electron chi connectivity index (χ3n) is 4.13. The topological polar surface area (TPSA) is 55.4 Å². The maximum Gasteiger partial charge on any atom is 0.338 e. The molecule has 3 rings (SSSR count). The molecular weight excluding hydrogens is 350 g/mol. The van der Waals surface area contributed by atoms with Gasteiger partial charge < -0.3 is 10.1 Å². The number of benzene rings is 3. The molecule has 0 amide bonds. The van der Waals surface area contributed by atoms with Gasteiger partial charge in [0, 0.05) is 23.5 Å². The van der Waals surface area contributed by atoms with Gasteiger partial charge in [-0.25, -0.2) is 4.79 Å². The van der Waals surface area contributed by atoms with E-state index in [0.29, 0.717) is 23.4 Å². The van der Waals surface area contributed by atoms with Gasteiger partial charge in [0.25, 0.3) is 0 Å². The zero-order valence-corrected chi connectivity index (χ0v) is 15.6. The molecule has 0 aromatic heterocycles. The highest BCUT2D eigenvalue weighted by Crippen LogP contribution is 2.19. The highest BCUT2D eigenvalue weighted by Gasteiger charge is 2.06. The quantitative estimate of drug-likeness (QED) is 0.346. The fraction of sp³-hybridized carbons (Fsp3) is 0.0833. The van der Waals surface area contributed by atoms with E-state index >= 15 is 0 Å². The third-order valence-corrected chi connectivity index (χ3v) is 4.13. The van der Waals surface area contributed by atoms with Crippen LogP contribution in [0.25, 0.3) is 11.1 Å². The van der Waals surface area contributed by atoms with Gasteiger partial charge in [0.15, 0.2) is 5.78 Å². The number of ether oxygens (including phenoxy) is 1. The molecule has 0 saturated carbocycles. The monoisotopic (exact) mass is 371 g/mol. The number of esters is 1. The molecule has 0 fully saturated rings. The molecule has 1 N–H and O–H groups in total. The first-order valence-electron chi connectivity index (χ1n) is 9.07. The van der Waals surface area contributed by atoms with E-state index in [0.717, 1.165) is 11.1 Å². The van der Waals surface area contributed by atoms with Crippen LogP contribution in [0.1, 0.15) is 27.6 Å². The summed E-state index contributed by atoms with van der Waals surface area (Å²) < 4.78 is 4.99. The summed E-state index contributed by atoms with van der Waals surface area (Å²) in [7, 11) is 0. The zero-order chi connectivity index (χ0) is 19.8. The van der Waals surface area contributed by atoms with Gasteiger partial charge in [0.05, 0.1) is 12.2 Å². The van der Waals surface area contributed by atoms with Crippen molar-refractivity contribution < 1.29 is 14.3 Å². The Kier molecular flexibility index (Phi) is 6.37. The van der Waals surface area contributed by atoms with E-state index in [-0.39, 0.29) is 11.8 Å². The second-order valence-corrected chi connectivity index (χ2v) is 6.09. The number of allylic oxidation sites excluding steroid dienone is 1. The fourth-order valence-corrected chi connectivity index (χ4v) is 2.72. The van der Waals surface area contributed by atoms with E-state index in [1.165, 1.54) is 6.08 Å². The molecular formula is C24H21NO3. The van der Waals surface area contributed by atoms with Crippen LogP contribution in [0.4, 0.5) is 5.69 Å². The SMILES string of the molecule is CCOC(=O)c1cccc(N/C=C\C(=O)c2ccc(-c3ccccc3)cc2)c1. The maximum absolute atomic E-state index is 12.3. The Balaban J connectivity index is 1.62. The number of hydrogen-bond acceptors (Lipinski definition) is 4. The van der Waals surface area contributed by atoms with Crippen molar-refractivity contribution in [1.29, 1.82) is 0 Å². The highest BCUT2D eigenvalue weighted by atomic mass is 16.5. The van der Waals surface area contributed by atoms with Crippen LogP contribution >= 0.6 is 0 Å². The van der Waals surface area contributed by atoms with E-state index in [2.05, 4.69) is 5.32 Å². The summed E-state index contributed by atoms with van der Waals surface area (Å²) in [6.45, 7) is 2.09. The lowest BCUT2D eigenvalue weighted by molar-refractivity contribution is 0.0526. The number of ketones is 1. The van der Waals surface area contributed by atoms with Crippen molar-refractivity contribution in [3.8, 4) is 11.1 Å². The van der Waals surface area contributed by atoms with Crippen LogP contribution in [0.3, 0.4) is 0 Å². The van der Waals surface area contributed by atoms with Gasteiger partial charge in [0.2, 0.25) is 0 Å². The molecule has 4 heteroatoms. The second-order valence-electron chi connectivity index (χ2n) is 6.09. The predicted molar refractivity (Wildman–Crippen MR) is 111 cm³/mol. The van der Waals surface area contributed by atoms with Crippen LogP contribution in [-0.2, 0) is 4.74 Å². The van der Waals surface area contributed by atoms with Crippen molar-refractivity contribution in [1.82, 2.24) is 0 Å². The van der Waals surface area contributed by atoms with E-state index in [1.807, 2.05) is 60.7 Å². The number of hydrogen-bond donors (Lipinski definition) is 1. The fourth-order valence-electron chi connectivity index (χ4n) is 2.72. The first kappa shape index (κ1) is 19.1. The van der Waals surface area contributed by atoms with E-state index in [9.17, 15) is 9.59 Å². The van der Waals surface area contributed by atoms with Crippen LogP contribution in [0.5, 0.6) is 0 Å². The van der Waals surface area contributed by atoms with Gasteiger partial charge >= 0.3 is 5.97 Å². The first-order valence-corrected chi connectivity index (χ1v) is 9.07. The van der Waals surface area contributed by atoms with Gasteiger partial charge in [-0.15, -0.1) is 0 Å². The standard InChI is InChI=1S/C24H21NO3/c1-2-28-24(27)21-9-6-10-22(17-21)25-16-15-23(26)20-13-11-19(12-14-20)18-7-4-3-5-8-18/h3-17,25H,2H2,1H3/b16-15-. The molecule has 140 valence electrons. The van der Waals surface area contributed by atoms with Crippen molar-refractivity contribution in [2.45, 2.75) is 6.92 Å². The summed E-state index contributed by atoms with van der Waals surface area (Å²) in [5.74, 6) is -0.474. The molecule has 0 aliphatic carbocycles. The lowest BCUT2D eigenvalue weighted by atomic mass is 10.0. The number of carbonyl (C=O) groups is 2. The Bertz CT molecular complexity index is 976. The van der Waals surface area contributed by atoms with Crippen LogP contribution in [0.2, 0.25) is 0 Å². The van der Waals surface area contributed by atoms with Gasteiger partial charge in [-0.3, -0.25) is 4.79 Å². The van der Waals surface area contributed by atoms with Crippen molar-refractivity contribution in [2.24, 2.45) is 0 Å². The van der Waals surface area contributed by atoms with Crippen LogP contribution in [0, 0.1) is 0 Å². The van der Waals surface area contributed by atoms with Crippen LogP contribution < -0.4 is 5.32 Å². The van der Waals surface area contributed by atoms with Crippen molar-refractivity contribution in [3.63, 3.8) is 0 Å². The van der Waals surface area contributed by atoms with E-state index in [4.69, 9.17) is 4.74 Å². The molecule has 0 atom stereocenters. The van der Waals surface area contributed by atoms with Crippen molar-refractivity contribution in [3.05, 3.63) is 102 Å². The number of carbonyl (C=O) groups excluding carboxylic acids is 2. The summed E-state index contributed by atoms with van der Waals surface area (Å²) in [6.07, 6.45) is 3.03. The molecule has 0 aliphatic rings. The number of nitrogens with one attached hydrogen (secondary N) is 1. The maximum atomic E-state index is 12.3. The minimum Gasteiger partial charge on any atom is -0.462 e. The normalized spacial score (nSPS) is 10.6. The molecule has 0 saturated heterocycles. The minimum atomic E-state index is -0.371. The molecule has 3 aromatic carbocycles. The molecule has 0 aliphatic heterocycles. The Labute approximate surface area is 164 Å². The van der Waals surface area contributed by atoms with Crippen molar-refractivity contribution in [2.75, 3.05) is 11.9 Å². The number of rotatable bonds is 7. The summed E-state index contributed by atoms with van der Waals surface area (Å²) in [5, 5.41) is 3.01. The Morgan fingerprint density at radius 3 is 2.29 bits per heavy atom. The van der Waals surface area contributed by atoms with Crippen molar-refractivity contribution >= 4 is 17.4 Å². The molecule has 0 unspecified atom stereocenters. The Hall–Kier alpha value is -3.66. The highest BCUT2D eigenvalue weighted by molar-refractivity contribution is 6.04. The zero-order valence-electron chi connectivity index (χ0n) is 15.6. The van der Waals surface area contributed by atoms with E-state index < -0.39 is 0 Å². The Morgan fingerprint density at radius 2 is 1.57 bits per heavy atom. The predicted octanol–water partition coefficient (Wildman–Crippen LogP) is 5.34. The Morgan fingerprint density at radius 1 is 0.857 bits per heavy atom. The third kappa shape index (κ3) is 4.95. The second kappa shape index (κ2) is 9.33. The number of anilines is 1. The lowest BCUT2D eigenvalue weighted by Crippen LogP contribution is -2.04. The summed E-state index contributed by atoms with van der Waals surface area (Å²) in [6, 6.07) is 24.5. The van der Waals surface area contributed by atoms with Gasteiger partial charge in [-0.2, -0.15) is 0 Å². The molecule has 28 heavy (non-hydrogen) atoms. The molecule has 0 spiro atoms. The first-order chi connectivity index (χ1) is 13.7. The van der Waals surface area contributed by atoms with Crippen LogP contribution in [0.15, 0.2) is 91.1 Å². The molecule has 0 heterocycles. The minimum absolute atomic E-state index is 0.103. The average molecular weight is 371 g/mol. The van der Waals surface area contributed by atoms with Gasteiger partial charge in [-0.1, -0.05) is 60.7 Å². The molecule has 0 bridgehead atoms. The molecule has 0 radical (unpaired) electrons.